The normalized spacial score (nSPS) is 14.7. The Morgan fingerprint density at radius 1 is 1.15 bits per heavy atom. The molecule has 4 rings (SSSR count). The van der Waals surface area contributed by atoms with Crippen LogP contribution in [0.1, 0.15) is 28.9 Å². The van der Waals surface area contributed by atoms with Crippen molar-refractivity contribution in [2.45, 2.75) is 18.9 Å². The van der Waals surface area contributed by atoms with Crippen molar-refractivity contribution in [3.63, 3.8) is 0 Å². The smallest absolute Gasteiger partial charge is 0.270 e. The number of para-hydroxylation sites is 1. The Bertz CT molecular complexity index is 1000. The number of anilines is 1. The number of pyridine rings is 2. The monoisotopic (exact) mass is 357 g/mol. The molecule has 1 N–H and O–H groups in total. The topological polar surface area (TPSA) is 81.9 Å². The van der Waals surface area contributed by atoms with Gasteiger partial charge in [-0.15, -0.1) is 0 Å². The number of carbonyl (C=O) groups excluding carboxylic acids is 1. The van der Waals surface area contributed by atoms with E-state index in [0.717, 1.165) is 42.7 Å². The first-order chi connectivity index (χ1) is 13.2. The van der Waals surface area contributed by atoms with Crippen LogP contribution in [0.4, 0.5) is 5.82 Å². The largest absolute Gasteiger partial charge is 0.355 e. The lowest BCUT2D eigenvalue weighted by Crippen LogP contribution is -2.45. The van der Waals surface area contributed by atoms with Gasteiger partial charge in [-0.3, -0.25) is 9.78 Å². The zero-order valence-corrected chi connectivity index (χ0v) is 14.8. The minimum absolute atomic E-state index is 0.0988. The Kier molecular flexibility index (Phi) is 4.67. The molecule has 0 bridgehead atoms. The second kappa shape index (κ2) is 7.42. The van der Waals surface area contributed by atoms with Crippen LogP contribution in [0.15, 0.2) is 54.7 Å². The predicted molar refractivity (Wildman–Crippen MR) is 103 cm³/mol. The highest BCUT2D eigenvalue weighted by Crippen LogP contribution is 2.25. The fourth-order valence-electron chi connectivity index (χ4n) is 3.42. The molecule has 3 aromatic rings. The molecule has 2 aromatic heterocycles. The van der Waals surface area contributed by atoms with Gasteiger partial charge in [-0.2, -0.15) is 5.26 Å². The molecule has 0 saturated carbocycles. The average molecular weight is 357 g/mol. The number of piperidine rings is 1. The van der Waals surface area contributed by atoms with E-state index in [1.807, 2.05) is 30.3 Å². The highest BCUT2D eigenvalue weighted by molar-refractivity contribution is 5.92. The molecule has 1 aliphatic heterocycles. The second-order valence-corrected chi connectivity index (χ2v) is 6.61. The van der Waals surface area contributed by atoms with Crippen molar-refractivity contribution in [2.75, 3.05) is 18.0 Å². The lowest BCUT2D eigenvalue weighted by molar-refractivity contribution is 0.0926. The van der Waals surface area contributed by atoms with E-state index in [1.54, 1.807) is 24.4 Å². The first-order valence-corrected chi connectivity index (χ1v) is 9.01. The molecule has 0 spiro atoms. The highest BCUT2D eigenvalue weighted by atomic mass is 16.1. The standard InChI is InChI=1S/C21H19N5O/c22-14-16-13-15-5-1-2-6-18(15)25-20(16)26-11-8-17(9-12-26)24-21(27)19-7-3-4-10-23-19/h1-7,10,13,17H,8-9,11-12H2,(H,24,27). The Morgan fingerprint density at radius 2 is 1.93 bits per heavy atom. The van der Waals surface area contributed by atoms with Crippen molar-refractivity contribution in [1.82, 2.24) is 15.3 Å². The van der Waals surface area contributed by atoms with E-state index in [0.29, 0.717) is 11.3 Å². The van der Waals surface area contributed by atoms with E-state index in [2.05, 4.69) is 21.3 Å². The van der Waals surface area contributed by atoms with Crippen LogP contribution in [0.3, 0.4) is 0 Å². The molecule has 0 aliphatic carbocycles. The van der Waals surface area contributed by atoms with Gasteiger partial charge in [0.15, 0.2) is 0 Å². The van der Waals surface area contributed by atoms with Crippen LogP contribution in [0, 0.1) is 11.3 Å². The molecule has 134 valence electrons. The van der Waals surface area contributed by atoms with Crippen molar-refractivity contribution in [3.8, 4) is 6.07 Å². The maximum Gasteiger partial charge on any atom is 0.270 e. The number of nitrogens with one attached hydrogen (secondary N) is 1. The van der Waals surface area contributed by atoms with Gasteiger partial charge in [0.05, 0.1) is 11.1 Å². The van der Waals surface area contributed by atoms with Crippen LogP contribution in [-0.2, 0) is 0 Å². The van der Waals surface area contributed by atoms with E-state index in [9.17, 15) is 10.1 Å². The SMILES string of the molecule is N#Cc1cc2ccccc2nc1N1CCC(NC(=O)c2ccccn2)CC1. The van der Waals surface area contributed by atoms with Crippen LogP contribution in [0.25, 0.3) is 10.9 Å². The number of hydrogen-bond acceptors (Lipinski definition) is 5. The van der Waals surface area contributed by atoms with E-state index in [1.165, 1.54) is 0 Å². The first kappa shape index (κ1) is 17.0. The molecule has 3 heterocycles. The molecular weight excluding hydrogens is 338 g/mol. The third-order valence-electron chi connectivity index (χ3n) is 4.85. The van der Waals surface area contributed by atoms with Gasteiger partial charge in [-0.05, 0) is 37.1 Å². The lowest BCUT2D eigenvalue weighted by atomic mass is 10.0. The summed E-state index contributed by atoms with van der Waals surface area (Å²) in [6.07, 6.45) is 3.22. The summed E-state index contributed by atoms with van der Waals surface area (Å²) in [6, 6.07) is 17.4. The first-order valence-electron chi connectivity index (χ1n) is 9.01. The third kappa shape index (κ3) is 3.58. The Hall–Kier alpha value is -3.46. The number of nitriles is 1. The predicted octanol–water partition coefficient (Wildman–Crippen LogP) is 2.90. The number of aromatic nitrogens is 2. The zero-order valence-electron chi connectivity index (χ0n) is 14.8. The van der Waals surface area contributed by atoms with Gasteiger partial charge in [-0.1, -0.05) is 24.3 Å². The van der Waals surface area contributed by atoms with Crippen molar-refractivity contribution >= 4 is 22.6 Å². The van der Waals surface area contributed by atoms with Crippen molar-refractivity contribution < 1.29 is 4.79 Å². The van der Waals surface area contributed by atoms with Gasteiger partial charge in [0.25, 0.3) is 5.91 Å². The van der Waals surface area contributed by atoms with E-state index >= 15 is 0 Å². The average Bonchev–Trinajstić information content (AvgIpc) is 2.74. The maximum atomic E-state index is 12.3. The molecule has 1 fully saturated rings. The van der Waals surface area contributed by atoms with Gasteiger partial charge in [0, 0.05) is 30.7 Å². The van der Waals surface area contributed by atoms with Crippen LogP contribution < -0.4 is 10.2 Å². The Labute approximate surface area is 157 Å². The number of amides is 1. The summed E-state index contributed by atoms with van der Waals surface area (Å²) in [5.41, 5.74) is 1.91. The summed E-state index contributed by atoms with van der Waals surface area (Å²) >= 11 is 0. The zero-order chi connectivity index (χ0) is 18.6. The van der Waals surface area contributed by atoms with E-state index < -0.39 is 0 Å². The third-order valence-corrected chi connectivity index (χ3v) is 4.85. The number of hydrogen-bond donors (Lipinski definition) is 1. The summed E-state index contributed by atoms with van der Waals surface area (Å²) in [6.45, 7) is 1.49. The summed E-state index contributed by atoms with van der Waals surface area (Å²) < 4.78 is 0. The lowest BCUT2D eigenvalue weighted by Gasteiger charge is -2.33. The summed E-state index contributed by atoms with van der Waals surface area (Å²) in [4.78, 5) is 23.2. The molecule has 1 amide bonds. The molecule has 1 aromatic carbocycles. The van der Waals surface area contributed by atoms with Gasteiger partial charge < -0.3 is 10.2 Å². The molecule has 1 aliphatic rings. The maximum absolute atomic E-state index is 12.3. The minimum Gasteiger partial charge on any atom is -0.355 e. The molecule has 0 radical (unpaired) electrons. The van der Waals surface area contributed by atoms with Crippen LogP contribution >= 0.6 is 0 Å². The van der Waals surface area contributed by atoms with Crippen LogP contribution in [0.2, 0.25) is 0 Å². The quantitative estimate of drug-likeness (QED) is 0.779. The minimum atomic E-state index is -0.143. The molecule has 0 unspecified atom stereocenters. The number of benzene rings is 1. The molecule has 0 atom stereocenters. The van der Waals surface area contributed by atoms with Crippen molar-refractivity contribution in [3.05, 3.63) is 66.0 Å². The van der Waals surface area contributed by atoms with E-state index in [-0.39, 0.29) is 11.9 Å². The number of rotatable bonds is 3. The molecule has 27 heavy (non-hydrogen) atoms. The molecule has 6 nitrogen and oxygen atoms in total. The fraction of sp³-hybridized carbons (Fsp3) is 0.238. The number of carbonyl (C=O) groups is 1. The summed E-state index contributed by atoms with van der Waals surface area (Å²) in [5.74, 6) is 0.585. The van der Waals surface area contributed by atoms with Gasteiger partial charge in [0.2, 0.25) is 0 Å². The fourth-order valence-corrected chi connectivity index (χ4v) is 3.42. The number of fused-ring (bicyclic) bond motifs is 1. The van der Waals surface area contributed by atoms with Gasteiger partial charge in [-0.25, -0.2) is 4.98 Å². The van der Waals surface area contributed by atoms with Crippen molar-refractivity contribution in [2.24, 2.45) is 0 Å². The van der Waals surface area contributed by atoms with Gasteiger partial charge >= 0.3 is 0 Å². The van der Waals surface area contributed by atoms with E-state index in [4.69, 9.17) is 4.98 Å². The van der Waals surface area contributed by atoms with Crippen molar-refractivity contribution in [1.29, 1.82) is 5.26 Å². The molecule has 1 saturated heterocycles. The van der Waals surface area contributed by atoms with Gasteiger partial charge in [0.1, 0.15) is 17.6 Å². The Morgan fingerprint density at radius 3 is 2.67 bits per heavy atom. The Balaban J connectivity index is 1.46. The summed E-state index contributed by atoms with van der Waals surface area (Å²) in [7, 11) is 0. The second-order valence-electron chi connectivity index (χ2n) is 6.61. The highest BCUT2D eigenvalue weighted by Gasteiger charge is 2.24. The molecule has 6 heteroatoms. The number of nitrogens with zero attached hydrogens (tertiary/aromatic N) is 4. The summed E-state index contributed by atoms with van der Waals surface area (Å²) in [5, 5.41) is 13.5. The van der Waals surface area contributed by atoms with Crippen LogP contribution in [0.5, 0.6) is 0 Å². The molecular formula is C21H19N5O. The van der Waals surface area contributed by atoms with Crippen LogP contribution in [-0.4, -0.2) is 35.0 Å².